The van der Waals surface area contributed by atoms with Gasteiger partial charge in [0.2, 0.25) is 0 Å². The predicted molar refractivity (Wildman–Crippen MR) is 83.7 cm³/mol. The van der Waals surface area contributed by atoms with Crippen molar-refractivity contribution in [2.24, 2.45) is 0 Å². The molecule has 0 spiro atoms. The Morgan fingerprint density at radius 1 is 1.24 bits per heavy atom. The molecule has 114 valence electrons. The van der Waals surface area contributed by atoms with E-state index in [9.17, 15) is 5.11 Å². The molecule has 0 fully saturated rings. The molecule has 4 nitrogen and oxygen atoms in total. The van der Waals surface area contributed by atoms with Crippen LogP contribution in [0.2, 0.25) is 0 Å². The van der Waals surface area contributed by atoms with Crippen LogP contribution < -0.4 is 4.74 Å². The molecular weight excluding hydrogens is 264 g/mol. The van der Waals surface area contributed by atoms with Crippen LogP contribution in [0.25, 0.3) is 0 Å². The maximum absolute atomic E-state index is 10.2. The van der Waals surface area contributed by atoms with E-state index >= 15 is 0 Å². The smallest absolute Gasteiger partial charge is 0.125 e. The Kier molecular flexibility index (Phi) is 5.02. The van der Waals surface area contributed by atoms with E-state index < -0.39 is 6.10 Å². The molecule has 1 N–H and O–H groups in total. The summed E-state index contributed by atoms with van der Waals surface area (Å²) in [5.41, 5.74) is 2.18. The Bertz CT molecular complexity index is 570. The first kappa shape index (κ1) is 15.6. The average Bonchev–Trinajstić information content (AvgIpc) is 2.86. The fraction of sp³-hybridized carbons (Fsp3) is 0.471. The lowest BCUT2D eigenvalue weighted by Crippen LogP contribution is -2.25. The lowest BCUT2D eigenvalue weighted by molar-refractivity contribution is 0.0909. The summed E-state index contributed by atoms with van der Waals surface area (Å²) in [5, 5.41) is 10.2. The molecule has 2 rings (SSSR count). The Balaban J connectivity index is 1.96. The summed E-state index contributed by atoms with van der Waals surface area (Å²) in [6, 6.07) is 6.04. The van der Waals surface area contributed by atoms with Crippen LogP contribution in [0.5, 0.6) is 5.75 Å². The molecule has 0 aliphatic rings. The molecule has 0 bridgehead atoms. The molecule has 1 heterocycles. The molecular formula is C17H24N2O2. The fourth-order valence-corrected chi connectivity index (χ4v) is 2.46. The number of nitrogens with zero attached hydrogens (tertiary/aromatic N) is 2. The molecule has 1 atom stereocenters. The third kappa shape index (κ3) is 3.85. The van der Waals surface area contributed by atoms with Crippen molar-refractivity contribution in [1.82, 2.24) is 9.55 Å². The van der Waals surface area contributed by atoms with Gasteiger partial charge in [-0.2, -0.15) is 0 Å². The third-order valence-corrected chi connectivity index (χ3v) is 3.50. The number of hydrogen-bond donors (Lipinski definition) is 1. The van der Waals surface area contributed by atoms with E-state index in [1.54, 1.807) is 6.20 Å². The SMILES string of the molecule is Cc1cccc(C)c1OCC(O)Cn1ccnc1C(C)C. The molecule has 0 amide bonds. The second-order valence-electron chi connectivity index (χ2n) is 5.78. The molecule has 0 saturated heterocycles. The van der Waals surface area contributed by atoms with E-state index in [1.807, 2.05) is 42.8 Å². The predicted octanol–water partition coefficient (Wildman–Crippen LogP) is 3.06. The fourth-order valence-electron chi connectivity index (χ4n) is 2.46. The van der Waals surface area contributed by atoms with Gasteiger partial charge in [-0.15, -0.1) is 0 Å². The molecule has 2 aromatic rings. The first-order chi connectivity index (χ1) is 9.99. The number of aromatic nitrogens is 2. The molecule has 1 aromatic carbocycles. The maximum Gasteiger partial charge on any atom is 0.125 e. The van der Waals surface area contributed by atoms with Gasteiger partial charge >= 0.3 is 0 Å². The van der Waals surface area contributed by atoms with E-state index in [0.29, 0.717) is 12.5 Å². The lowest BCUT2D eigenvalue weighted by atomic mass is 10.1. The summed E-state index contributed by atoms with van der Waals surface area (Å²) in [7, 11) is 0. The minimum absolute atomic E-state index is 0.279. The van der Waals surface area contributed by atoms with Crippen molar-refractivity contribution in [2.45, 2.75) is 46.3 Å². The number of aliphatic hydroxyl groups excluding tert-OH is 1. The van der Waals surface area contributed by atoms with Crippen LogP contribution in [0.15, 0.2) is 30.6 Å². The van der Waals surface area contributed by atoms with Gasteiger partial charge in [-0.1, -0.05) is 32.0 Å². The first-order valence-corrected chi connectivity index (χ1v) is 7.37. The van der Waals surface area contributed by atoms with Crippen LogP contribution in [0.3, 0.4) is 0 Å². The summed E-state index contributed by atoms with van der Waals surface area (Å²) < 4.78 is 7.78. The Labute approximate surface area is 126 Å². The normalized spacial score (nSPS) is 12.7. The quantitative estimate of drug-likeness (QED) is 0.888. The summed E-state index contributed by atoms with van der Waals surface area (Å²) in [6.45, 7) is 9.00. The van der Waals surface area contributed by atoms with Gasteiger partial charge < -0.3 is 14.4 Å². The van der Waals surface area contributed by atoms with Crippen LogP contribution in [-0.2, 0) is 6.54 Å². The number of benzene rings is 1. The average molecular weight is 288 g/mol. The molecule has 21 heavy (non-hydrogen) atoms. The highest BCUT2D eigenvalue weighted by Gasteiger charge is 2.13. The molecule has 1 unspecified atom stereocenters. The number of hydrogen-bond acceptors (Lipinski definition) is 3. The van der Waals surface area contributed by atoms with Gasteiger partial charge in [-0.25, -0.2) is 4.98 Å². The Hall–Kier alpha value is -1.81. The van der Waals surface area contributed by atoms with Gasteiger partial charge in [0, 0.05) is 18.3 Å². The van der Waals surface area contributed by atoms with Crippen molar-refractivity contribution in [2.75, 3.05) is 6.61 Å². The number of rotatable bonds is 6. The van der Waals surface area contributed by atoms with Crippen LogP contribution in [-0.4, -0.2) is 27.4 Å². The molecule has 4 heteroatoms. The topological polar surface area (TPSA) is 47.3 Å². The van der Waals surface area contributed by atoms with Gasteiger partial charge in [-0.3, -0.25) is 0 Å². The number of para-hydroxylation sites is 1. The number of aliphatic hydroxyl groups is 1. The van der Waals surface area contributed by atoms with Crippen molar-refractivity contribution in [3.8, 4) is 5.75 Å². The minimum atomic E-state index is -0.560. The molecule has 0 aliphatic heterocycles. The van der Waals surface area contributed by atoms with Gasteiger partial charge in [0.25, 0.3) is 0 Å². The number of ether oxygens (including phenoxy) is 1. The Morgan fingerprint density at radius 3 is 2.52 bits per heavy atom. The van der Waals surface area contributed by atoms with Crippen LogP contribution in [0.4, 0.5) is 0 Å². The summed E-state index contributed by atoms with van der Waals surface area (Å²) in [4.78, 5) is 4.33. The minimum Gasteiger partial charge on any atom is -0.490 e. The molecule has 0 saturated carbocycles. The Morgan fingerprint density at radius 2 is 1.90 bits per heavy atom. The lowest BCUT2D eigenvalue weighted by Gasteiger charge is -2.17. The van der Waals surface area contributed by atoms with Crippen molar-refractivity contribution in [3.05, 3.63) is 47.5 Å². The second-order valence-corrected chi connectivity index (χ2v) is 5.78. The second kappa shape index (κ2) is 6.76. The van der Waals surface area contributed by atoms with Gasteiger partial charge in [-0.05, 0) is 25.0 Å². The van der Waals surface area contributed by atoms with Gasteiger partial charge in [0.15, 0.2) is 0 Å². The zero-order chi connectivity index (χ0) is 15.4. The highest BCUT2D eigenvalue weighted by molar-refractivity contribution is 5.39. The van der Waals surface area contributed by atoms with Crippen molar-refractivity contribution in [1.29, 1.82) is 0 Å². The molecule has 0 aliphatic carbocycles. The largest absolute Gasteiger partial charge is 0.490 e. The summed E-state index contributed by atoms with van der Waals surface area (Å²) >= 11 is 0. The zero-order valence-corrected chi connectivity index (χ0v) is 13.2. The van der Waals surface area contributed by atoms with Gasteiger partial charge in [0.1, 0.15) is 24.3 Å². The highest BCUT2D eigenvalue weighted by atomic mass is 16.5. The molecule has 0 radical (unpaired) electrons. The highest BCUT2D eigenvalue weighted by Crippen LogP contribution is 2.22. The van der Waals surface area contributed by atoms with E-state index in [2.05, 4.69) is 18.8 Å². The maximum atomic E-state index is 10.2. The number of imidazole rings is 1. The van der Waals surface area contributed by atoms with Crippen molar-refractivity contribution in [3.63, 3.8) is 0 Å². The summed E-state index contributed by atoms with van der Waals surface area (Å²) in [6.07, 6.45) is 3.11. The van der Waals surface area contributed by atoms with Gasteiger partial charge in [0.05, 0.1) is 6.54 Å². The van der Waals surface area contributed by atoms with E-state index in [1.165, 1.54) is 0 Å². The van der Waals surface area contributed by atoms with Crippen molar-refractivity contribution >= 4 is 0 Å². The van der Waals surface area contributed by atoms with Crippen LogP contribution in [0, 0.1) is 13.8 Å². The van der Waals surface area contributed by atoms with Crippen LogP contribution >= 0.6 is 0 Å². The van der Waals surface area contributed by atoms with E-state index in [0.717, 1.165) is 22.7 Å². The standard InChI is InChI=1S/C17H24N2O2/c1-12(2)17-18-8-9-19(17)10-15(20)11-21-16-13(3)6-5-7-14(16)4/h5-9,12,15,20H,10-11H2,1-4H3. The first-order valence-electron chi connectivity index (χ1n) is 7.37. The third-order valence-electron chi connectivity index (χ3n) is 3.50. The van der Waals surface area contributed by atoms with Crippen molar-refractivity contribution < 1.29 is 9.84 Å². The number of aryl methyl sites for hydroxylation is 2. The zero-order valence-electron chi connectivity index (χ0n) is 13.2. The summed E-state index contributed by atoms with van der Waals surface area (Å²) in [5.74, 6) is 2.19. The van der Waals surface area contributed by atoms with Crippen LogP contribution in [0.1, 0.15) is 36.7 Å². The van der Waals surface area contributed by atoms with E-state index in [-0.39, 0.29) is 6.61 Å². The molecule has 1 aromatic heterocycles. The van der Waals surface area contributed by atoms with E-state index in [4.69, 9.17) is 4.74 Å². The monoisotopic (exact) mass is 288 g/mol.